The van der Waals surface area contributed by atoms with Crippen LogP contribution in [0.5, 0.6) is 11.5 Å². The Hall–Kier alpha value is -3.60. The molecule has 0 spiro atoms. The van der Waals surface area contributed by atoms with Gasteiger partial charge in [-0.3, -0.25) is 9.59 Å². The van der Waals surface area contributed by atoms with Crippen LogP contribution in [0.2, 0.25) is 0 Å². The Bertz CT molecular complexity index is 1160. The van der Waals surface area contributed by atoms with Crippen molar-refractivity contribution >= 4 is 11.7 Å². The number of phenols is 1. The maximum absolute atomic E-state index is 12.5. The second-order valence-corrected chi connectivity index (χ2v) is 9.18. The van der Waals surface area contributed by atoms with Crippen molar-refractivity contribution in [3.8, 4) is 22.6 Å². The molecular formula is C27H29NO4. The lowest BCUT2D eigenvalue weighted by molar-refractivity contribution is 0.0935. The van der Waals surface area contributed by atoms with Crippen molar-refractivity contribution in [1.82, 2.24) is 0 Å². The number of nitrogens with two attached hydrogens (primary N) is 1. The zero-order valence-electron chi connectivity index (χ0n) is 18.9. The van der Waals surface area contributed by atoms with Crippen LogP contribution in [0.1, 0.15) is 59.0 Å². The van der Waals surface area contributed by atoms with E-state index in [4.69, 9.17) is 10.5 Å². The van der Waals surface area contributed by atoms with Crippen LogP contribution < -0.4 is 10.5 Å². The highest BCUT2D eigenvalue weighted by atomic mass is 16.5. The number of benzene rings is 3. The van der Waals surface area contributed by atoms with Gasteiger partial charge in [0.15, 0.2) is 5.78 Å². The molecule has 0 saturated carbocycles. The highest BCUT2D eigenvalue weighted by Gasteiger charge is 2.21. The summed E-state index contributed by atoms with van der Waals surface area (Å²) in [6.07, 6.45) is 0.351. The molecule has 0 aliphatic heterocycles. The maximum Gasteiger partial charge on any atom is 0.248 e. The monoisotopic (exact) mass is 431 g/mol. The standard InChI is InChI=1S/C27H29NO4/c1-17-24(12-11-22(25(17)30)23(29)15-27(2,3)4)32-16-18-7-5-8-19(13-18)20-9-6-10-21(14-20)26(28)31/h5-14,30H,15-16H2,1-4H3,(H2,28,31). The number of aromatic hydroxyl groups is 1. The minimum absolute atomic E-state index is 0.0335. The van der Waals surface area contributed by atoms with E-state index >= 15 is 0 Å². The van der Waals surface area contributed by atoms with Crippen LogP contribution in [0.25, 0.3) is 11.1 Å². The number of Topliss-reactive ketones (excluding diaryl/α,β-unsaturated/α-hetero) is 1. The zero-order valence-corrected chi connectivity index (χ0v) is 18.9. The average molecular weight is 432 g/mol. The Balaban J connectivity index is 1.77. The Morgan fingerprint density at radius 3 is 2.28 bits per heavy atom. The fourth-order valence-electron chi connectivity index (χ4n) is 3.49. The molecule has 0 atom stereocenters. The molecule has 3 rings (SSSR count). The Labute approximate surface area is 188 Å². The molecule has 5 heteroatoms. The first-order valence-electron chi connectivity index (χ1n) is 10.5. The van der Waals surface area contributed by atoms with Crippen molar-refractivity contribution in [3.05, 3.63) is 82.9 Å². The van der Waals surface area contributed by atoms with E-state index in [9.17, 15) is 14.7 Å². The largest absolute Gasteiger partial charge is 0.507 e. The summed E-state index contributed by atoms with van der Waals surface area (Å²) >= 11 is 0. The number of carbonyl (C=O) groups is 2. The van der Waals surface area contributed by atoms with Crippen LogP contribution in [0, 0.1) is 12.3 Å². The van der Waals surface area contributed by atoms with Gasteiger partial charge in [0.05, 0.1) is 5.56 Å². The second kappa shape index (κ2) is 9.27. The van der Waals surface area contributed by atoms with Gasteiger partial charge in [-0.1, -0.05) is 51.1 Å². The molecule has 0 aromatic heterocycles. The molecule has 0 aliphatic rings. The third kappa shape index (κ3) is 5.55. The molecule has 3 N–H and O–H groups in total. The first kappa shape index (κ1) is 23.1. The summed E-state index contributed by atoms with van der Waals surface area (Å²) in [7, 11) is 0. The molecule has 3 aromatic carbocycles. The molecule has 32 heavy (non-hydrogen) atoms. The van der Waals surface area contributed by atoms with Crippen LogP contribution in [-0.2, 0) is 6.61 Å². The van der Waals surface area contributed by atoms with Crippen molar-refractivity contribution in [3.63, 3.8) is 0 Å². The summed E-state index contributed by atoms with van der Waals surface area (Å²) in [5.41, 5.74) is 9.30. The van der Waals surface area contributed by atoms with E-state index in [2.05, 4.69) is 0 Å². The van der Waals surface area contributed by atoms with E-state index in [1.165, 1.54) is 0 Å². The van der Waals surface area contributed by atoms with Crippen molar-refractivity contribution in [2.45, 2.75) is 40.7 Å². The molecular weight excluding hydrogens is 402 g/mol. The number of amides is 1. The number of hydrogen-bond donors (Lipinski definition) is 2. The van der Waals surface area contributed by atoms with Gasteiger partial charge in [0.25, 0.3) is 0 Å². The third-order valence-corrected chi connectivity index (χ3v) is 5.17. The van der Waals surface area contributed by atoms with Gasteiger partial charge in [-0.2, -0.15) is 0 Å². The van der Waals surface area contributed by atoms with Crippen LogP contribution >= 0.6 is 0 Å². The van der Waals surface area contributed by atoms with Gasteiger partial charge < -0.3 is 15.6 Å². The van der Waals surface area contributed by atoms with Crippen molar-refractivity contribution in [2.24, 2.45) is 11.1 Å². The molecule has 1 amide bonds. The average Bonchev–Trinajstić information content (AvgIpc) is 2.73. The van der Waals surface area contributed by atoms with E-state index in [0.29, 0.717) is 35.5 Å². The fraction of sp³-hybridized carbons (Fsp3) is 0.259. The molecule has 0 saturated heterocycles. The summed E-state index contributed by atoms with van der Waals surface area (Å²) in [6.45, 7) is 8.00. The molecule has 0 aliphatic carbocycles. The van der Waals surface area contributed by atoms with Crippen LogP contribution in [0.4, 0.5) is 0 Å². The number of rotatable bonds is 7. The number of phenolic OH excluding ortho intramolecular Hbond substituents is 1. The van der Waals surface area contributed by atoms with Crippen molar-refractivity contribution in [2.75, 3.05) is 0 Å². The maximum atomic E-state index is 12.5. The molecule has 166 valence electrons. The van der Waals surface area contributed by atoms with Crippen LogP contribution in [0.3, 0.4) is 0 Å². The Morgan fingerprint density at radius 1 is 0.969 bits per heavy atom. The van der Waals surface area contributed by atoms with Gasteiger partial charge in [0.2, 0.25) is 5.91 Å². The fourth-order valence-corrected chi connectivity index (χ4v) is 3.49. The quantitative estimate of drug-likeness (QED) is 0.472. The van der Waals surface area contributed by atoms with Crippen LogP contribution in [-0.4, -0.2) is 16.8 Å². The molecule has 0 bridgehead atoms. The predicted octanol–water partition coefficient (Wildman–Crippen LogP) is 5.66. The number of carbonyl (C=O) groups excluding carboxylic acids is 2. The van der Waals surface area contributed by atoms with Gasteiger partial charge in [-0.05, 0) is 59.4 Å². The minimum atomic E-state index is -0.467. The summed E-state index contributed by atoms with van der Waals surface area (Å²) in [5.74, 6) is -0.0636. The Morgan fingerprint density at radius 2 is 1.62 bits per heavy atom. The topological polar surface area (TPSA) is 89.6 Å². The molecule has 0 radical (unpaired) electrons. The zero-order chi connectivity index (χ0) is 23.5. The second-order valence-electron chi connectivity index (χ2n) is 9.18. The lowest BCUT2D eigenvalue weighted by Crippen LogP contribution is -2.13. The molecule has 0 unspecified atom stereocenters. The summed E-state index contributed by atoms with van der Waals surface area (Å²) in [5, 5.41) is 10.6. The van der Waals surface area contributed by atoms with E-state index < -0.39 is 5.91 Å². The lowest BCUT2D eigenvalue weighted by atomic mass is 9.87. The van der Waals surface area contributed by atoms with Gasteiger partial charge >= 0.3 is 0 Å². The first-order valence-corrected chi connectivity index (χ1v) is 10.5. The number of ether oxygens (including phenoxy) is 1. The smallest absolute Gasteiger partial charge is 0.248 e. The Kier molecular flexibility index (Phi) is 6.68. The van der Waals surface area contributed by atoms with Crippen molar-refractivity contribution in [1.29, 1.82) is 0 Å². The van der Waals surface area contributed by atoms with Gasteiger partial charge in [-0.15, -0.1) is 0 Å². The molecule has 5 nitrogen and oxygen atoms in total. The van der Waals surface area contributed by atoms with E-state index in [-0.39, 0.29) is 16.9 Å². The van der Waals surface area contributed by atoms with E-state index in [1.54, 1.807) is 37.3 Å². The van der Waals surface area contributed by atoms with Crippen molar-refractivity contribution < 1.29 is 19.4 Å². The van der Waals surface area contributed by atoms with E-state index in [1.807, 2.05) is 51.1 Å². The van der Waals surface area contributed by atoms with E-state index in [0.717, 1.165) is 16.7 Å². The van der Waals surface area contributed by atoms with Gasteiger partial charge in [0, 0.05) is 17.5 Å². The number of hydrogen-bond acceptors (Lipinski definition) is 4. The van der Waals surface area contributed by atoms with Gasteiger partial charge in [-0.25, -0.2) is 0 Å². The minimum Gasteiger partial charge on any atom is -0.507 e. The SMILES string of the molecule is Cc1c(OCc2cccc(-c3cccc(C(N)=O)c3)c2)ccc(C(=O)CC(C)(C)C)c1O. The summed E-state index contributed by atoms with van der Waals surface area (Å²) in [4.78, 5) is 24.0. The molecule has 3 aromatic rings. The third-order valence-electron chi connectivity index (χ3n) is 5.17. The lowest BCUT2D eigenvalue weighted by Gasteiger charge is -2.18. The predicted molar refractivity (Wildman–Crippen MR) is 126 cm³/mol. The number of ketones is 1. The number of primary amides is 1. The summed E-state index contributed by atoms with van der Waals surface area (Å²) in [6, 6.07) is 18.3. The normalized spacial score (nSPS) is 11.2. The van der Waals surface area contributed by atoms with Crippen LogP contribution in [0.15, 0.2) is 60.7 Å². The molecule has 0 heterocycles. The van der Waals surface area contributed by atoms with Gasteiger partial charge in [0.1, 0.15) is 18.1 Å². The molecule has 0 fully saturated rings. The first-order chi connectivity index (χ1) is 15.0. The highest BCUT2D eigenvalue weighted by Crippen LogP contribution is 2.33. The highest BCUT2D eigenvalue weighted by molar-refractivity contribution is 5.99. The summed E-state index contributed by atoms with van der Waals surface area (Å²) < 4.78 is 5.95.